The molecule has 0 saturated heterocycles. The average molecular weight is 162 g/mol. The van der Waals surface area contributed by atoms with Crippen LogP contribution in [0.3, 0.4) is 0 Å². The van der Waals surface area contributed by atoms with Crippen molar-refractivity contribution in [2.24, 2.45) is 0 Å². The van der Waals surface area contributed by atoms with E-state index in [9.17, 15) is 0 Å². The van der Waals surface area contributed by atoms with Gasteiger partial charge in [0.05, 0.1) is 12.7 Å². The predicted octanol–water partition coefficient (Wildman–Crippen LogP) is 1.07. The lowest BCUT2D eigenvalue weighted by atomic mass is 10.1. The molecule has 0 aliphatic rings. The van der Waals surface area contributed by atoms with Gasteiger partial charge >= 0.3 is 0 Å². The maximum absolute atomic E-state index is 5.20. The fourth-order valence-corrected chi connectivity index (χ4v) is 1.07. The summed E-state index contributed by atoms with van der Waals surface area (Å²) >= 11 is 0. The molecule has 11 heavy (non-hydrogen) atoms. The molecule has 0 aromatic rings. The Kier molecular flexibility index (Phi) is 6.51. The SMILES string of the molecule is CC[C@H](OC)C(COC)OC. The van der Waals surface area contributed by atoms with Crippen LogP contribution >= 0.6 is 0 Å². The van der Waals surface area contributed by atoms with E-state index >= 15 is 0 Å². The molecule has 3 heteroatoms. The standard InChI is InChI=1S/C8H18O3/c1-5-7(10-3)8(11-4)6-9-2/h7-8H,5-6H2,1-4H3/t7-,8?/m0/s1. The third kappa shape index (κ3) is 3.70. The van der Waals surface area contributed by atoms with Crippen LogP contribution in [0.15, 0.2) is 0 Å². The Balaban J connectivity index is 3.76. The van der Waals surface area contributed by atoms with Crippen molar-refractivity contribution in [3.8, 4) is 0 Å². The highest BCUT2D eigenvalue weighted by Crippen LogP contribution is 2.06. The number of rotatable bonds is 6. The van der Waals surface area contributed by atoms with Crippen molar-refractivity contribution in [3.63, 3.8) is 0 Å². The van der Waals surface area contributed by atoms with E-state index in [1.807, 2.05) is 0 Å². The first-order valence-electron chi connectivity index (χ1n) is 3.84. The highest BCUT2D eigenvalue weighted by Gasteiger charge is 2.18. The van der Waals surface area contributed by atoms with Crippen LogP contribution in [0.4, 0.5) is 0 Å². The van der Waals surface area contributed by atoms with Crippen molar-refractivity contribution in [2.75, 3.05) is 27.9 Å². The molecule has 2 atom stereocenters. The Bertz CT molecular complexity index is 81.4. The monoisotopic (exact) mass is 162 g/mol. The fraction of sp³-hybridized carbons (Fsp3) is 1.00. The van der Waals surface area contributed by atoms with Gasteiger partial charge in [-0.3, -0.25) is 0 Å². The lowest BCUT2D eigenvalue weighted by Crippen LogP contribution is -2.33. The largest absolute Gasteiger partial charge is 0.382 e. The first kappa shape index (κ1) is 10.9. The van der Waals surface area contributed by atoms with Gasteiger partial charge in [0.15, 0.2) is 0 Å². The second-order valence-corrected chi connectivity index (χ2v) is 2.41. The second kappa shape index (κ2) is 6.58. The topological polar surface area (TPSA) is 27.7 Å². The third-order valence-corrected chi connectivity index (χ3v) is 1.75. The number of hydrogen-bond acceptors (Lipinski definition) is 3. The zero-order valence-electron chi connectivity index (χ0n) is 7.79. The average Bonchev–Trinajstić information content (AvgIpc) is 2.05. The Morgan fingerprint density at radius 1 is 1.00 bits per heavy atom. The quantitative estimate of drug-likeness (QED) is 0.584. The van der Waals surface area contributed by atoms with Crippen molar-refractivity contribution >= 4 is 0 Å². The van der Waals surface area contributed by atoms with E-state index in [-0.39, 0.29) is 12.2 Å². The van der Waals surface area contributed by atoms with E-state index in [0.29, 0.717) is 6.61 Å². The van der Waals surface area contributed by atoms with Crippen molar-refractivity contribution in [1.82, 2.24) is 0 Å². The van der Waals surface area contributed by atoms with Crippen molar-refractivity contribution in [3.05, 3.63) is 0 Å². The smallest absolute Gasteiger partial charge is 0.106 e. The number of ether oxygens (including phenoxy) is 3. The van der Waals surface area contributed by atoms with Crippen LogP contribution in [0.2, 0.25) is 0 Å². The van der Waals surface area contributed by atoms with E-state index in [0.717, 1.165) is 6.42 Å². The second-order valence-electron chi connectivity index (χ2n) is 2.41. The molecule has 0 amide bonds. The highest BCUT2D eigenvalue weighted by molar-refractivity contribution is 4.67. The molecule has 0 fully saturated rings. The van der Waals surface area contributed by atoms with E-state index < -0.39 is 0 Å². The summed E-state index contributed by atoms with van der Waals surface area (Å²) in [6.45, 7) is 2.65. The molecule has 0 aliphatic heterocycles. The third-order valence-electron chi connectivity index (χ3n) is 1.75. The van der Waals surface area contributed by atoms with E-state index in [1.165, 1.54) is 0 Å². The molecular weight excluding hydrogens is 144 g/mol. The summed E-state index contributed by atoms with van der Waals surface area (Å²) in [6, 6.07) is 0. The molecule has 3 nitrogen and oxygen atoms in total. The van der Waals surface area contributed by atoms with Crippen LogP contribution in [0, 0.1) is 0 Å². The molecule has 0 heterocycles. The minimum atomic E-state index is 0.0509. The van der Waals surface area contributed by atoms with E-state index in [1.54, 1.807) is 21.3 Å². The van der Waals surface area contributed by atoms with Gasteiger partial charge in [-0.2, -0.15) is 0 Å². The van der Waals surface area contributed by atoms with Gasteiger partial charge in [0.1, 0.15) is 6.10 Å². The Morgan fingerprint density at radius 3 is 1.82 bits per heavy atom. The van der Waals surface area contributed by atoms with Crippen LogP contribution in [0.5, 0.6) is 0 Å². The molecule has 0 aromatic heterocycles. The fourth-order valence-electron chi connectivity index (χ4n) is 1.07. The minimum Gasteiger partial charge on any atom is -0.382 e. The van der Waals surface area contributed by atoms with Gasteiger partial charge in [-0.05, 0) is 6.42 Å². The molecule has 0 aliphatic carbocycles. The predicted molar refractivity (Wildman–Crippen MR) is 43.8 cm³/mol. The number of hydrogen-bond donors (Lipinski definition) is 0. The molecule has 68 valence electrons. The molecule has 0 bridgehead atoms. The van der Waals surface area contributed by atoms with Crippen molar-refractivity contribution < 1.29 is 14.2 Å². The van der Waals surface area contributed by atoms with Gasteiger partial charge in [0.25, 0.3) is 0 Å². The summed E-state index contributed by atoms with van der Waals surface area (Å²) in [5.74, 6) is 0. The van der Waals surface area contributed by atoms with Crippen molar-refractivity contribution in [1.29, 1.82) is 0 Å². The zero-order chi connectivity index (χ0) is 8.69. The van der Waals surface area contributed by atoms with Crippen LogP contribution in [0.1, 0.15) is 13.3 Å². The van der Waals surface area contributed by atoms with Gasteiger partial charge < -0.3 is 14.2 Å². The number of methoxy groups -OCH3 is 3. The summed E-state index contributed by atoms with van der Waals surface area (Å²) in [7, 11) is 5.02. The Labute approximate surface area is 68.6 Å². The van der Waals surface area contributed by atoms with E-state index in [2.05, 4.69) is 6.92 Å². The first-order chi connectivity index (χ1) is 5.29. The summed E-state index contributed by atoms with van der Waals surface area (Å²) in [6.07, 6.45) is 1.13. The molecule has 1 unspecified atom stereocenters. The maximum Gasteiger partial charge on any atom is 0.106 e. The van der Waals surface area contributed by atoms with Gasteiger partial charge in [0, 0.05) is 21.3 Å². The first-order valence-corrected chi connectivity index (χ1v) is 3.84. The molecule has 0 N–H and O–H groups in total. The lowest BCUT2D eigenvalue weighted by molar-refractivity contribution is -0.0686. The van der Waals surface area contributed by atoms with Crippen molar-refractivity contribution in [2.45, 2.75) is 25.6 Å². The van der Waals surface area contributed by atoms with Crippen LogP contribution < -0.4 is 0 Å². The Morgan fingerprint density at radius 2 is 1.55 bits per heavy atom. The normalized spacial score (nSPS) is 16.4. The molecular formula is C8H18O3. The zero-order valence-corrected chi connectivity index (χ0v) is 7.79. The molecule has 0 radical (unpaired) electrons. The summed E-state index contributed by atoms with van der Waals surface area (Å²) in [5.41, 5.74) is 0. The summed E-state index contributed by atoms with van der Waals surface area (Å²) in [4.78, 5) is 0. The van der Waals surface area contributed by atoms with Crippen LogP contribution in [-0.2, 0) is 14.2 Å². The van der Waals surface area contributed by atoms with Gasteiger partial charge in [-0.25, -0.2) is 0 Å². The van der Waals surface area contributed by atoms with Crippen LogP contribution in [0.25, 0.3) is 0 Å². The Hall–Kier alpha value is -0.120. The summed E-state index contributed by atoms with van der Waals surface area (Å²) < 4.78 is 15.4. The van der Waals surface area contributed by atoms with Gasteiger partial charge in [-0.1, -0.05) is 6.92 Å². The minimum absolute atomic E-state index is 0.0509. The summed E-state index contributed by atoms with van der Waals surface area (Å²) in [5, 5.41) is 0. The molecule has 0 saturated carbocycles. The molecule has 0 spiro atoms. The van der Waals surface area contributed by atoms with Gasteiger partial charge in [-0.15, -0.1) is 0 Å². The lowest BCUT2D eigenvalue weighted by Gasteiger charge is -2.22. The van der Waals surface area contributed by atoms with Crippen LogP contribution in [-0.4, -0.2) is 40.1 Å². The molecule has 0 rings (SSSR count). The maximum atomic E-state index is 5.20. The highest BCUT2D eigenvalue weighted by atomic mass is 16.6. The van der Waals surface area contributed by atoms with Gasteiger partial charge in [0.2, 0.25) is 0 Å². The van der Waals surface area contributed by atoms with E-state index in [4.69, 9.17) is 14.2 Å². The molecule has 0 aromatic carbocycles.